The fourth-order valence-corrected chi connectivity index (χ4v) is 4.14. The summed E-state index contributed by atoms with van der Waals surface area (Å²) in [6.07, 6.45) is 5.72. The quantitative estimate of drug-likeness (QED) is 0.576. The number of aromatic nitrogens is 2. The molecule has 0 aliphatic carbocycles. The average molecular weight is 400 g/mol. The Balaban J connectivity index is 1.56. The number of para-hydroxylation sites is 1. The van der Waals surface area contributed by atoms with E-state index in [1.807, 2.05) is 20.8 Å². The number of halogens is 1. The molecular formula is C20H25FN6O2. The van der Waals surface area contributed by atoms with Crippen LogP contribution in [0.3, 0.4) is 0 Å². The van der Waals surface area contributed by atoms with Crippen molar-refractivity contribution >= 4 is 23.0 Å². The number of nitrogens with zero attached hydrogens (tertiary/aromatic N) is 6. The Morgan fingerprint density at radius 3 is 1.97 bits per heavy atom. The van der Waals surface area contributed by atoms with Crippen LogP contribution < -0.4 is 14.7 Å². The van der Waals surface area contributed by atoms with E-state index in [0.29, 0.717) is 43.5 Å². The van der Waals surface area contributed by atoms with Crippen molar-refractivity contribution in [3.05, 3.63) is 46.5 Å². The third-order valence-corrected chi connectivity index (χ3v) is 5.64. The molecule has 3 heterocycles. The van der Waals surface area contributed by atoms with Crippen molar-refractivity contribution in [3.63, 3.8) is 0 Å². The summed E-state index contributed by atoms with van der Waals surface area (Å²) in [7, 11) is 0. The lowest BCUT2D eigenvalue weighted by Gasteiger charge is -2.36. The number of piperazine rings is 1. The van der Waals surface area contributed by atoms with E-state index < -0.39 is 0 Å². The van der Waals surface area contributed by atoms with E-state index in [-0.39, 0.29) is 16.4 Å². The standard InChI is InChI=1S/C20H25FN6O2/c21-16-7-3-4-8-17(16)24-11-13-26(14-12-24)20-18(27(28)29)19(22-15-23-20)25-9-5-1-2-6-10-25/h3-4,7-8,15H,1-2,5-6,9-14H2. The second-order valence-corrected chi connectivity index (χ2v) is 7.45. The number of hydrogen-bond donors (Lipinski definition) is 0. The molecule has 0 spiro atoms. The second-order valence-electron chi connectivity index (χ2n) is 7.45. The zero-order valence-electron chi connectivity index (χ0n) is 16.3. The maximum atomic E-state index is 14.1. The number of nitro groups is 1. The number of anilines is 3. The molecule has 0 N–H and O–H groups in total. The van der Waals surface area contributed by atoms with Crippen LogP contribution in [-0.2, 0) is 0 Å². The van der Waals surface area contributed by atoms with Crippen LogP contribution in [0.5, 0.6) is 0 Å². The summed E-state index contributed by atoms with van der Waals surface area (Å²) in [5.74, 6) is 0.522. The fraction of sp³-hybridized carbons (Fsp3) is 0.500. The largest absolute Gasteiger partial charge is 0.366 e. The number of rotatable bonds is 4. The second kappa shape index (κ2) is 8.59. The lowest BCUT2D eigenvalue weighted by atomic mass is 10.2. The summed E-state index contributed by atoms with van der Waals surface area (Å²) in [5.41, 5.74) is 0.545. The summed E-state index contributed by atoms with van der Waals surface area (Å²) < 4.78 is 14.1. The Kier molecular flexibility index (Phi) is 5.73. The van der Waals surface area contributed by atoms with Crippen LogP contribution in [0.2, 0.25) is 0 Å². The predicted molar refractivity (Wildman–Crippen MR) is 110 cm³/mol. The van der Waals surface area contributed by atoms with E-state index in [1.54, 1.807) is 12.1 Å². The molecule has 2 aromatic rings. The van der Waals surface area contributed by atoms with Crippen molar-refractivity contribution in [1.82, 2.24) is 9.97 Å². The molecule has 2 saturated heterocycles. The van der Waals surface area contributed by atoms with Gasteiger partial charge in [0.25, 0.3) is 0 Å². The van der Waals surface area contributed by atoms with Gasteiger partial charge in [0, 0.05) is 39.3 Å². The molecule has 2 fully saturated rings. The normalized spacial score (nSPS) is 17.9. The maximum Gasteiger partial charge on any atom is 0.353 e. The van der Waals surface area contributed by atoms with Crippen LogP contribution in [-0.4, -0.2) is 54.2 Å². The van der Waals surface area contributed by atoms with Gasteiger partial charge in [0.15, 0.2) is 0 Å². The minimum absolute atomic E-state index is 0.0197. The molecule has 1 aromatic heterocycles. The first-order chi connectivity index (χ1) is 14.1. The molecule has 1 aromatic carbocycles. The molecule has 154 valence electrons. The van der Waals surface area contributed by atoms with E-state index >= 15 is 0 Å². The predicted octanol–water partition coefficient (Wildman–Crippen LogP) is 3.23. The Hall–Kier alpha value is -2.97. The minimum Gasteiger partial charge on any atom is -0.366 e. The molecule has 0 radical (unpaired) electrons. The molecule has 0 atom stereocenters. The lowest BCUT2D eigenvalue weighted by molar-refractivity contribution is -0.383. The van der Waals surface area contributed by atoms with Crippen LogP contribution in [0.4, 0.5) is 27.4 Å². The van der Waals surface area contributed by atoms with Gasteiger partial charge in [-0.15, -0.1) is 0 Å². The van der Waals surface area contributed by atoms with Gasteiger partial charge >= 0.3 is 5.69 Å². The first-order valence-electron chi connectivity index (χ1n) is 10.1. The first kappa shape index (κ1) is 19.4. The third-order valence-electron chi connectivity index (χ3n) is 5.64. The van der Waals surface area contributed by atoms with Gasteiger partial charge in [-0.2, -0.15) is 0 Å². The number of hydrogen-bond acceptors (Lipinski definition) is 7. The van der Waals surface area contributed by atoms with Crippen molar-refractivity contribution in [3.8, 4) is 0 Å². The smallest absolute Gasteiger partial charge is 0.353 e. The fourth-order valence-electron chi connectivity index (χ4n) is 4.14. The topological polar surface area (TPSA) is 78.6 Å². The van der Waals surface area contributed by atoms with Gasteiger partial charge in [-0.1, -0.05) is 25.0 Å². The van der Waals surface area contributed by atoms with Gasteiger partial charge in [0.05, 0.1) is 10.6 Å². The van der Waals surface area contributed by atoms with E-state index in [2.05, 4.69) is 9.97 Å². The SMILES string of the molecule is O=[N+]([O-])c1c(N2CCCCCC2)ncnc1N1CCN(c2ccccc2F)CC1. The van der Waals surface area contributed by atoms with E-state index in [1.165, 1.54) is 12.4 Å². The van der Waals surface area contributed by atoms with Crippen LogP contribution in [0, 0.1) is 15.9 Å². The van der Waals surface area contributed by atoms with Gasteiger partial charge in [-0.05, 0) is 25.0 Å². The summed E-state index contributed by atoms with van der Waals surface area (Å²) in [4.78, 5) is 26.0. The number of benzene rings is 1. The lowest BCUT2D eigenvalue weighted by Crippen LogP contribution is -2.47. The molecule has 29 heavy (non-hydrogen) atoms. The molecule has 8 nitrogen and oxygen atoms in total. The van der Waals surface area contributed by atoms with Crippen molar-refractivity contribution in [2.45, 2.75) is 25.7 Å². The molecule has 0 bridgehead atoms. The molecule has 4 rings (SSSR count). The van der Waals surface area contributed by atoms with Gasteiger partial charge in [0.1, 0.15) is 12.1 Å². The van der Waals surface area contributed by atoms with Gasteiger partial charge in [-0.25, -0.2) is 14.4 Å². The van der Waals surface area contributed by atoms with Crippen LogP contribution in [0.15, 0.2) is 30.6 Å². The van der Waals surface area contributed by atoms with Gasteiger partial charge in [-0.3, -0.25) is 10.1 Å². The summed E-state index contributed by atoms with van der Waals surface area (Å²) >= 11 is 0. The van der Waals surface area contributed by atoms with E-state index in [4.69, 9.17) is 0 Å². The molecular weight excluding hydrogens is 375 g/mol. The Morgan fingerprint density at radius 1 is 0.828 bits per heavy atom. The summed E-state index contributed by atoms with van der Waals surface area (Å²) in [6, 6.07) is 6.69. The van der Waals surface area contributed by atoms with Crippen molar-refractivity contribution in [2.24, 2.45) is 0 Å². The molecule has 2 aliphatic rings. The highest BCUT2D eigenvalue weighted by atomic mass is 19.1. The molecule has 9 heteroatoms. The molecule has 0 unspecified atom stereocenters. The Morgan fingerprint density at radius 2 is 1.38 bits per heavy atom. The van der Waals surface area contributed by atoms with Crippen molar-refractivity contribution < 1.29 is 9.31 Å². The zero-order chi connectivity index (χ0) is 20.2. The highest BCUT2D eigenvalue weighted by molar-refractivity contribution is 5.71. The maximum absolute atomic E-state index is 14.1. The average Bonchev–Trinajstić information content (AvgIpc) is 3.03. The first-order valence-corrected chi connectivity index (χ1v) is 10.1. The van der Waals surface area contributed by atoms with Crippen LogP contribution >= 0.6 is 0 Å². The highest BCUT2D eigenvalue weighted by Crippen LogP contribution is 2.35. The van der Waals surface area contributed by atoms with Crippen molar-refractivity contribution in [1.29, 1.82) is 0 Å². The summed E-state index contributed by atoms with van der Waals surface area (Å²) in [6.45, 7) is 3.76. The van der Waals surface area contributed by atoms with E-state index in [9.17, 15) is 14.5 Å². The monoisotopic (exact) mass is 400 g/mol. The third kappa shape index (κ3) is 4.08. The zero-order valence-corrected chi connectivity index (χ0v) is 16.3. The molecule has 0 saturated carbocycles. The summed E-state index contributed by atoms with van der Waals surface area (Å²) in [5, 5.41) is 12.0. The highest BCUT2D eigenvalue weighted by Gasteiger charge is 2.32. The Bertz CT molecular complexity index is 864. The van der Waals surface area contributed by atoms with Gasteiger partial charge in [0.2, 0.25) is 11.6 Å². The molecule has 2 aliphatic heterocycles. The van der Waals surface area contributed by atoms with Crippen molar-refractivity contribution in [2.75, 3.05) is 54.0 Å². The van der Waals surface area contributed by atoms with E-state index in [0.717, 1.165) is 38.8 Å². The van der Waals surface area contributed by atoms with Crippen LogP contribution in [0.1, 0.15) is 25.7 Å². The Labute approximate surface area is 169 Å². The minimum atomic E-state index is -0.362. The van der Waals surface area contributed by atoms with Gasteiger partial charge < -0.3 is 14.7 Å². The van der Waals surface area contributed by atoms with Crippen LogP contribution in [0.25, 0.3) is 0 Å². The molecule has 0 amide bonds.